The molecule has 0 heterocycles. The Morgan fingerprint density at radius 3 is 2.41 bits per heavy atom. The molecule has 0 fully saturated rings. The Hall–Kier alpha value is -1.78. The lowest BCUT2D eigenvalue weighted by molar-refractivity contribution is -0.173. The fourth-order valence-corrected chi connectivity index (χ4v) is 1.40. The van der Waals surface area contributed by atoms with E-state index in [2.05, 4.69) is 4.74 Å². The zero-order valence-electron chi connectivity index (χ0n) is 9.50. The number of Topliss-reactive ketones (excluding diaryl/α,β-unsaturated/α-hetero) is 1. The number of alkyl halides is 2. The van der Waals surface area contributed by atoms with Crippen molar-refractivity contribution < 1.29 is 23.1 Å². The summed E-state index contributed by atoms with van der Waals surface area (Å²) in [6, 6.07) is 5.11. The minimum absolute atomic E-state index is 0.142. The van der Waals surface area contributed by atoms with Crippen molar-refractivity contribution in [1.29, 1.82) is 0 Å². The summed E-state index contributed by atoms with van der Waals surface area (Å²) in [4.78, 5) is 22.4. The van der Waals surface area contributed by atoms with Crippen molar-refractivity contribution in [3.8, 4) is 0 Å². The Kier molecular flexibility index (Phi) is 3.93. The molecule has 92 valence electrons. The van der Waals surface area contributed by atoms with E-state index in [9.17, 15) is 18.4 Å². The maximum atomic E-state index is 13.7. The monoisotopic (exact) mass is 242 g/mol. The van der Waals surface area contributed by atoms with Gasteiger partial charge in [0.1, 0.15) is 0 Å². The SMILES string of the molecule is CCOC(=O)C(F)(F)c1ccccc1C(C)=O. The highest BCUT2D eigenvalue weighted by atomic mass is 19.3. The normalized spacial score (nSPS) is 11.1. The van der Waals surface area contributed by atoms with Gasteiger partial charge in [-0.2, -0.15) is 8.78 Å². The third kappa shape index (κ3) is 2.67. The van der Waals surface area contributed by atoms with Crippen LogP contribution in [0.25, 0.3) is 0 Å². The highest BCUT2D eigenvalue weighted by molar-refractivity contribution is 5.97. The van der Waals surface area contributed by atoms with Crippen molar-refractivity contribution in [3.63, 3.8) is 0 Å². The molecule has 0 amide bonds. The van der Waals surface area contributed by atoms with Gasteiger partial charge in [0.25, 0.3) is 0 Å². The fraction of sp³-hybridized carbons (Fsp3) is 0.333. The van der Waals surface area contributed by atoms with Crippen LogP contribution in [-0.2, 0) is 15.5 Å². The van der Waals surface area contributed by atoms with E-state index in [-0.39, 0.29) is 12.2 Å². The molecule has 5 heteroatoms. The second-order valence-electron chi connectivity index (χ2n) is 3.40. The zero-order chi connectivity index (χ0) is 13.1. The minimum Gasteiger partial charge on any atom is -0.461 e. The topological polar surface area (TPSA) is 43.4 Å². The average Bonchev–Trinajstić information content (AvgIpc) is 2.29. The lowest BCUT2D eigenvalue weighted by atomic mass is 9.99. The average molecular weight is 242 g/mol. The molecule has 3 nitrogen and oxygen atoms in total. The highest BCUT2D eigenvalue weighted by Gasteiger charge is 2.44. The first-order chi connectivity index (χ1) is 7.91. The van der Waals surface area contributed by atoms with Crippen LogP contribution in [0.4, 0.5) is 8.78 Å². The summed E-state index contributed by atoms with van der Waals surface area (Å²) in [6.07, 6.45) is 0. The van der Waals surface area contributed by atoms with Crippen LogP contribution in [0.1, 0.15) is 29.8 Å². The maximum Gasteiger partial charge on any atom is 0.382 e. The van der Waals surface area contributed by atoms with Crippen LogP contribution < -0.4 is 0 Å². The molecular formula is C12H12F2O3. The van der Waals surface area contributed by atoms with Crippen molar-refractivity contribution in [1.82, 2.24) is 0 Å². The van der Waals surface area contributed by atoms with E-state index in [1.807, 2.05) is 0 Å². The summed E-state index contributed by atoms with van der Waals surface area (Å²) in [6.45, 7) is 2.46. The Bertz CT molecular complexity index is 441. The first-order valence-electron chi connectivity index (χ1n) is 5.06. The standard InChI is InChI=1S/C12H12F2O3/c1-3-17-11(16)12(13,14)10-7-5-4-6-9(10)8(2)15/h4-7H,3H2,1-2H3. The summed E-state index contributed by atoms with van der Waals surface area (Å²) in [5.74, 6) is -5.98. The van der Waals surface area contributed by atoms with Crippen molar-refractivity contribution in [2.45, 2.75) is 19.8 Å². The van der Waals surface area contributed by atoms with Gasteiger partial charge in [-0.25, -0.2) is 4.79 Å². The lowest BCUT2D eigenvalue weighted by Crippen LogP contribution is -2.30. The van der Waals surface area contributed by atoms with Crippen molar-refractivity contribution in [3.05, 3.63) is 35.4 Å². The molecule has 0 saturated carbocycles. The third-order valence-corrected chi connectivity index (χ3v) is 2.18. The number of carbonyl (C=O) groups is 2. The molecular weight excluding hydrogens is 230 g/mol. The van der Waals surface area contributed by atoms with E-state index in [0.29, 0.717) is 0 Å². The molecule has 1 rings (SSSR count). The number of esters is 1. The van der Waals surface area contributed by atoms with Crippen LogP contribution in [0.5, 0.6) is 0 Å². The van der Waals surface area contributed by atoms with E-state index in [0.717, 1.165) is 6.07 Å². The predicted molar refractivity (Wildman–Crippen MR) is 57.0 cm³/mol. The molecule has 0 atom stereocenters. The van der Waals surface area contributed by atoms with E-state index < -0.39 is 23.2 Å². The molecule has 0 aliphatic rings. The second kappa shape index (κ2) is 5.03. The van der Waals surface area contributed by atoms with Gasteiger partial charge in [0.15, 0.2) is 5.78 Å². The van der Waals surface area contributed by atoms with Gasteiger partial charge in [-0.05, 0) is 13.8 Å². The quantitative estimate of drug-likeness (QED) is 0.602. The van der Waals surface area contributed by atoms with Gasteiger partial charge in [-0.3, -0.25) is 4.79 Å². The van der Waals surface area contributed by atoms with Gasteiger partial charge in [-0.15, -0.1) is 0 Å². The fourth-order valence-electron chi connectivity index (χ4n) is 1.40. The Morgan fingerprint density at radius 1 is 1.29 bits per heavy atom. The molecule has 17 heavy (non-hydrogen) atoms. The zero-order valence-corrected chi connectivity index (χ0v) is 9.50. The number of benzene rings is 1. The van der Waals surface area contributed by atoms with Gasteiger partial charge in [0.2, 0.25) is 0 Å². The molecule has 0 spiro atoms. The lowest BCUT2D eigenvalue weighted by Gasteiger charge is -2.17. The molecule has 0 radical (unpaired) electrons. The summed E-state index contributed by atoms with van der Waals surface area (Å²) in [5.41, 5.74) is -0.795. The van der Waals surface area contributed by atoms with Gasteiger partial charge >= 0.3 is 11.9 Å². The Balaban J connectivity index is 3.23. The predicted octanol–water partition coefficient (Wildman–Crippen LogP) is 2.54. The van der Waals surface area contributed by atoms with Crippen LogP contribution in [0.15, 0.2) is 24.3 Å². The van der Waals surface area contributed by atoms with Crippen LogP contribution in [0.3, 0.4) is 0 Å². The van der Waals surface area contributed by atoms with Crippen molar-refractivity contribution >= 4 is 11.8 Å². The molecule has 0 saturated heterocycles. The number of ether oxygens (including phenoxy) is 1. The molecule has 0 unspecified atom stereocenters. The largest absolute Gasteiger partial charge is 0.461 e. The highest BCUT2D eigenvalue weighted by Crippen LogP contribution is 2.32. The van der Waals surface area contributed by atoms with Crippen LogP contribution in [-0.4, -0.2) is 18.4 Å². The first-order valence-corrected chi connectivity index (χ1v) is 5.06. The van der Waals surface area contributed by atoms with Crippen LogP contribution in [0, 0.1) is 0 Å². The van der Waals surface area contributed by atoms with Gasteiger partial charge in [0.05, 0.1) is 6.61 Å². The number of halogens is 2. The Labute approximate surface area is 97.4 Å². The van der Waals surface area contributed by atoms with Crippen LogP contribution >= 0.6 is 0 Å². The summed E-state index contributed by atoms with van der Waals surface area (Å²) in [7, 11) is 0. The number of rotatable bonds is 4. The second-order valence-corrected chi connectivity index (χ2v) is 3.40. The van der Waals surface area contributed by atoms with Crippen molar-refractivity contribution in [2.75, 3.05) is 6.61 Å². The number of carbonyl (C=O) groups excluding carboxylic acids is 2. The summed E-state index contributed by atoms with van der Waals surface area (Å²) >= 11 is 0. The van der Waals surface area contributed by atoms with Gasteiger partial charge in [-0.1, -0.05) is 24.3 Å². The summed E-state index contributed by atoms with van der Waals surface area (Å²) in [5, 5.41) is 0. The maximum absolute atomic E-state index is 13.7. The Morgan fingerprint density at radius 2 is 1.88 bits per heavy atom. The van der Waals surface area contributed by atoms with E-state index in [1.165, 1.54) is 32.0 Å². The van der Waals surface area contributed by atoms with E-state index in [4.69, 9.17) is 0 Å². The number of ketones is 1. The van der Waals surface area contributed by atoms with Gasteiger partial charge in [0, 0.05) is 11.1 Å². The van der Waals surface area contributed by atoms with E-state index in [1.54, 1.807) is 0 Å². The number of hydrogen-bond donors (Lipinski definition) is 0. The van der Waals surface area contributed by atoms with Crippen molar-refractivity contribution in [2.24, 2.45) is 0 Å². The molecule has 1 aromatic rings. The minimum atomic E-state index is -3.81. The molecule has 1 aromatic carbocycles. The molecule has 0 aromatic heterocycles. The smallest absolute Gasteiger partial charge is 0.382 e. The van der Waals surface area contributed by atoms with E-state index >= 15 is 0 Å². The number of hydrogen-bond acceptors (Lipinski definition) is 3. The third-order valence-electron chi connectivity index (χ3n) is 2.18. The molecule has 0 aliphatic carbocycles. The first kappa shape index (κ1) is 13.3. The van der Waals surface area contributed by atoms with Gasteiger partial charge < -0.3 is 4.74 Å². The summed E-state index contributed by atoms with van der Waals surface area (Å²) < 4.78 is 31.8. The molecule has 0 N–H and O–H groups in total. The van der Waals surface area contributed by atoms with Crippen LogP contribution in [0.2, 0.25) is 0 Å². The molecule has 0 aliphatic heterocycles. The molecule has 0 bridgehead atoms.